The van der Waals surface area contributed by atoms with Gasteiger partial charge < -0.3 is 11.1 Å². The Morgan fingerprint density at radius 1 is 1.44 bits per heavy atom. The highest BCUT2D eigenvalue weighted by Crippen LogP contribution is 2.36. The Balaban J connectivity index is 1.78. The topological polar surface area (TPSA) is 38.0 Å². The summed E-state index contributed by atoms with van der Waals surface area (Å²) in [7, 11) is 0. The minimum absolute atomic E-state index is 0.383. The maximum absolute atomic E-state index is 5.91. The zero-order valence-electron chi connectivity index (χ0n) is 9.47. The van der Waals surface area contributed by atoms with Crippen molar-refractivity contribution in [2.75, 3.05) is 13.1 Å². The van der Waals surface area contributed by atoms with Crippen molar-refractivity contribution in [3.05, 3.63) is 20.8 Å². The van der Waals surface area contributed by atoms with Crippen molar-refractivity contribution in [3.8, 4) is 0 Å². The molecule has 0 aliphatic heterocycles. The average Bonchev–Trinajstić information content (AvgIpc) is 2.89. The average molecular weight is 303 g/mol. The molecule has 0 bridgehead atoms. The van der Waals surface area contributed by atoms with Crippen LogP contribution in [0.1, 0.15) is 30.6 Å². The maximum atomic E-state index is 5.91. The van der Waals surface area contributed by atoms with E-state index in [0.717, 1.165) is 19.6 Å². The second-order valence-electron chi connectivity index (χ2n) is 4.75. The number of halogens is 1. The van der Waals surface area contributed by atoms with Gasteiger partial charge in [0.05, 0.1) is 0 Å². The summed E-state index contributed by atoms with van der Waals surface area (Å²) in [6.45, 7) is 2.87. The first kappa shape index (κ1) is 12.6. The van der Waals surface area contributed by atoms with Crippen molar-refractivity contribution >= 4 is 27.3 Å². The summed E-state index contributed by atoms with van der Waals surface area (Å²) in [5, 5.41) is 5.69. The quantitative estimate of drug-likeness (QED) is 0.877. The van der Waals surface area contributed by atoms with E-state index in [1.54, 1.807) is 11.3 Å². The zero-order valence-corrected chi connectivity index (χ0v) is 11.9. The van der Waals surface area contributed by atoms with Crippen molar-refractivity contribution < 1.29 is 0 Å². The first-order valence-corrected chi connectivity index (χ1v) is 7.55. The zero-order chi connectivity index (χ0) is 11.4. The molecule has 0 aromatic carbocycles. The smallest absolute Gasteiger partial charge is 0.0300 e. The van der Waals surface area contributed by atoms with Crippen LogP contribution in [0.3, 0.4) is 0 Å². The molecule has 2 rings (SSSR count). The monoisotopic (exact) mass is 302 g/mol. The van der Waals surface area contributed by atoms with Gasteiger partial charge in [-0.1, -0.05) is 12.8 Å². The highest BCUT2D eigenvalue weighted by molar-refractivity contribution is 9.10. The number of thiophene rings is 1. The fraction of sp³-hybridized carbons (Fsp3) is 0.667. The van der Waals surface area contributed by atoms with E-state index in [9.17, 15) is 0 Å². The van der Waals surface area contributed by atoms with E-state index < -0.39 is 0 Å². The van der Waals surface area contributed by atoms with E-state index in [0.29, 0.717) is 5.41 Å². The van der Waals surface area contributed by atoms with Crippen molar-refractivity contribution in [1.82, 2.24) is 5.32 Å². The summed E-state index contributed by atoms with van der Waals surface area (Å²) in [5.41, 5.74) is 6.29. The van der Waals surface area contributed by atoms with Gasteiger partial charge in [0, 0.05) is 27.8 Å². The van der Waals surface area contributed by atoms with Gasteiger partial charge in [-0.25, -0.2) is 0 Å². The van der Waals surface area contributed by atoms with E-state index in [2.05, 4.69) is 32.7 Å². The normalized spacial score (nSPS) is 19.1. The third kappa shape index (κ3) is 3.06. The SMILES string of the molecule is NCC1(CNCc2cc(Br)cs2)CCCC1. The number of hydrogen-bond donors (Lipinski definition) is 2. The molecule has 0 saturated heterocycles. The van der Waals surface area contributed by atoms with Gasteiger partial charge in [-0.15, -0.1) is 11.3 Å². The van der Waals surface area contributed by atoms with E-state index in [1.807, 2.05) is 0 Å². The standard InChI is InChI=1S/C12H19BrN2S/c13-10-5-11(16-7-10)6-15-9-12(8-14)3-1-2-4-12/h5,7,15H,1-4,6,8-9,14H2. The van der Waals surface area contributed by atoms with Gasteiger partial charge in [-0.2, -0.15) is 0 Å². The molecule has 0 radical (unpaired) electrons. The van der Waals surface area contributed by atoms with Gasteiger partial charge in [0.1, 0.15) is 0 Å². The molecule has 1 aromatic rings. The molecular weight excluding hydrogens is 284 g/mol. The largest absolute Gasteiger partial charge is 0.330 e. The lowest BCUT2D eigenvalue weighted by atomic mass is 9.86. The Hall–Kier alpha value is 0.1000. The van der Waals surface area contributed by atoms with Gasteiger partial charge in [0.2, 0.25) is 0 Å². The molecule has 1 aliphatic rings. The lowest BCUT2D eigenvalue weighted by molar-refractivity contribution is 0.290. The highest BCUT2D eigenvalue weighted by Gasteiger charge is 2.31. The second-order valence-corrected chi connectivity index (χ2v) is 6.66. The molecule has 4 heteroatoms. The van der Waals surface area contributed by atoms with Crippen LogP contribution in [-0.4, -0.2) is 13.1 Å². The van der Waals surface area contributed by atoms with Crippen molar-refractivity contribution in [3.63, 3.8) is 0 Å². The summed E-state index contributed by atoms with van der Waals surface area (Å²) in [4.78, 5) is 1.39. The van der Waals surface area contributed by atoms with Crippen LogP contribution in [0.15, 0.2) is 15.9 Å². The minimum Gasteiger partial charge on any atom is -0.330 e. The Kier molecular flexibility index (Phi) is 4.41. The summed E-state index contributed by atoms with van der Waals surface area (Å²) in [5.74, 6) is 0. The van der Waals surface area contributed by atoms with Crippen LogP contribution in [-0.2, 0) is 6.54 Å². The Labute approximate surface area is 110 Å². The molecule has 0 unspecified atom stereocenters. The summed E-state index contributed by atoms with van der Waals surface area (Å²) in [6.07, 6.45) is 5.29. The molecule has 1 saturated carbocycles. The van der Waals surface area contributed by atoms with Crippen LogP contribution in [0.5, 0.6) is 0 Å². The molecule has 3 N–H and O–H groups in total. The molecule has 1 aliphatic carbocycles. The van der Waals surface area contributed by atoms with E-state index >= 15 is 0 Å². The molecule has 16 heavy (non-hydrogen) atoms. The Morgan fingerprint density at radius 3 is 2.75 bits per heavy atom. The van der Waals surface area contributed by atoms with Gasteiger partial charge in [-0.05, 0) is 46.8 Å². The predicted octanol–water partition coefficient (Wildman–Crippen LogP) is 3.12. The molecule has 0 spiro atoms. The van der Waals surface area contributed by atoms with Gasteiger partial charge in [0.15, 0.2) is 0 Å². The number of rotatable bonds is 5. The van der Waals surface area contributed by atoms with E-state index in [-0.39, 0.29) is 0 Å². The molecule has 0 amide bonds. The summed E-state index contributed by atoms with van der Waals surface area (Å²) < 4.78 is 1.18. The van der Waals surface area contributed by atoms with Crippen molar-refractivity contribution in [1.29, 1.82) is 0 Å². The lowest BCUT2D eigenvalue weighted by Gasteiger charge is -2.27. The molecule has 90 valence electrons. The first-order valence-electron chi connectivity index (χ1n) is 5.88. The van der Waals surface area contributed by atoms with Crippen LogP contribution in [0.4, 0.5) is 0 Å². The fourth-order valence-corrected chi connectivity index (χ4v) is 3.90. The summed E-state index contributed by atoms with van der Waals surface area (Å²) >= 11 is 5.28. The van der Waals surface area contributed by atoms with Crippen molar-refractivity contribution in [2.45, 2.75) is 32.2 Å². The minimum atomic E-state index is 0.383. The number of nitrogens with two attached hydrogens (primary N) is 1. The first-order chi connectivity index (χ1) is 7.74. The Morgan fingerprint density at radius 2 is 2.19 bits per heavy atom. The van der Waals surface area contributed by atoms with E-state index in [4.69, 9.17) is 5.73 Å². The summed E-state index contributed by atoms with van der Waals surface area (Å²) in [6, 6.07) is 2.18. The van der Waals surface area contributed by atoms with Crippen molar-refractivity contribution in [2.24, 2.45) is 11.1 Å². The molecule has 1 heterocycles. The van der Waals surface area contributed by atoms with Crippen LogP contribution in [0, 0.1) is 5.41 Å². The molecule has 0 atom stereocenters. The van der Waals surface area contributed by atoms with Crippen LogP contribution in [0.25, 0.3) is 0 Å². The Bertz CT molecular complexity index is 332. The molecule has 1 aromatic heterocycles. The van der Waals surface area contributed by atoms with E-state index in [1.165, 1.54) is 35.0 Å². The number of nitrogens with one attached hydrogen (secondary N) is 1. The fourth-order valence-electron chi connectivity index (χ4n) is 2.48. The highest BCUT2D eigenvalue weighted by atomic mass is 79.9. The molecular formula is C12H19BrN2S. The molecule has 2 nitrogen and oxygen atoms in total. The van der Waals surface area contributed by atoms with Gasteiger partial charge in [0.25, 0.3) is 0 Å². The second kappa shape index (κ2) is 5.63. The van der Waals surface area contributed by atoms with Crippen LogP contribution in [0.2, 0.25) is 0 Å². The third-order valence-corrected chi connectivity index (χ3v) is 5.22. The van der Waals surface area contributed by atoms with Crippen LogP contribution >= 0.6 is 27.3 Å². The lowest BCUT2D eigenvalue weighted by Crippen LogP contribution is -2.37. The maximum Gasteiger partial charge on any atom is 0.0300 e. The third-order valence-electron chi connectivity index (χ3n) is 3.52. The van der Waals surface area contributed by atoms with Gasteiger partial charge in [-0.3, -0.25) is 0 Å². The predicted molar refractivity (Wildman–Crippen MR) is 73.7 cm³/mol. The molecule has 1 fully saturated rings. The van der Waals surface area contributed by atoms with Crippen LogP contribution < -0.4 is 11.1 Å². The number of hydrogen-bond acceptors (Lipinski definition) is 3. The van der Waals surface area contributed by atoms with Gasteiger partial charge >= 0.3 is 0 Å².